The number of amides is 1. The second-order valence-corrected chi connectivity index (χ2v) is 7.24. The van der Waals surface area contributed by atoms with E-state index in [-0.39, 0.29) is 11.8 Å². The van der Waals surface area contributed by atoms with Crippen LogP contribution in [0, 0.1) is 0 Å². The molecule has 0 unspecified atom stereocenters. The van der Waals surface area contributed by atoms with E-state index in [2.05, 4.69) is 35.0 Å². The molecule has 7 nitrogen and oxygen atoms in total. The van der Waals surface area contributed by atoms with Gasteiger partial charge in [-0.25, -0.2) is 9.67 Å². The van der Waals surface area contributed by atoms with Crippen molar-refractivity contribution in [3.63, 3.8) is 0 Å². The van der Waals surface area contributed by atoms with E-state index in [1.165, 1.54) is 0 Å². The first kappa shape index (κ1) is 17.6. The van der Waals surface area contributed by atoms with Gasteiger partial charge in [0.25, 0.3) is 5.91 Å². The first-order valence-electron chi connectivity index (χ1n) is 9.30. The minimum Gasteiger partial charge on any atom is -0.337 e. The molecule has 1 saturated heterocycles. The smallest absolute Gasteiger partial charge is 0.272 e. The highest BCUT2D eigenvalue weighted by Gasteiger charge is 2.31. The second-order valence-electron chi connectivity index (χ2n) is 7.24. The van der Waals surface area contributed by atoms with Gasteiger partial charge < -0.3 is 9.80 Å². The van der Waals surface area contributed by atoms with Gasteiger partial charge in [-0.2, -0.15) is 5.10 Å². The Labute approximate surface area is 158 Å². The molecule has 140 valence electrons. The number of carbonyl (C=O) groups excluding carboxylic acids is 1. The number of nitrogens with zero attached hydrogens (tertiary/aromatic N) is 6. The van der Waals surface area contributed by atoms with Crippen LogP contribution < -0.4 is 0 Å². The molecule has 0 saturated carbocycles. The minimum atomic E-state index is -0.00688. The van der Waals surface area contributed by atoms with Crippen LogP contribution in [0.4, 0.5) is 0 Å². The Morgan fingerprint density at radius 1 is 1.19 bits per heavy atom. The lowest BCUT2D eigenvalue weighted by molar-refractivity contribution is 0.0785. The van der Waals surface area contributed by atoms with Crippen LogP contribution in [0.15, 0.2) is 42.7 Å². The highest BCUT2D eigenvalue weighted by Crippen LogP contribution is 2.31. The summed E-state index contributed by atoms with van der Waals surface area (Å²) in [5.41, 5.74) is 2.47. The fourth-order valence-corrected chi connectivity index (χ4v) is 3.61. The SMILES string of the molecule is CN(C)CCn1nc([C@@H]2CCN(C(=O)c3ccccn3)C2)c2cccnc21. The summed E-state index contributed by atoms with van der Waals surface area (Å²) in [6.07, 6.45) is 4.38. The molecule has 0 aromatic carbocycles. The Kier molecular flexibility index (Phi) is 4.85. The lowest BCUT2D eigenvalue weighted by Crippen LogP contribution is -2.29. The zero-order chi connectivity index (χ0) is 18.8. The number of aromatic nitrogens is 4. The molecule has 1 aliphatic rings. The van der Waals surface area contributed by atoms with Gasteiger partial charge in [-0.1, -0.05) is 6.07 Å². The fourth-order valence-electron chi connectivity index (χ4n) is 3.61. The molecule has 0 bridgehead atoms. The van der Waals surface area contributed by atoms with Crippen LogP contribution >= 0.6 is 0 Å². The zero-order valence-electron chi connectivity index (χ0n) is 15.7. The molecule has 3 aromatic heterocycles. The first-order chi connectivity index (χ1) is 13.1. The third kappa shape index (κ3) is 3.55. The lowest BCUT2D eigenvalue weighted by Gasteiger charge is -2.15. The number of hydrogen-bond donors (Lipinski definition) is 0. The van der Waals surface area contributed by atoms with Crippen molar-refractivity contribution < 1.29 is 4.79 Å². The first-order valence-corrected chi connectivity index (χ1v) is 9.30. The molecule has 27 heavy (non-hydrogen) atoms. The maximum absolute atomic E-state index is 12.7. The standard InChI is InChI=1S/C20H24N6O/c1-24(2)12-13-26-19-16(6-5-10-22-19)18(23-26)15-8-11-25(14-15)20(27)17-7-3-4-9-21-17/h3-7,9-10,15H,8,11-14H2,1-2H3/t15-/m1/s1. The summed E-state index contributed by atoms with van der Waals surface area (Å²) in [6.45, 7) is 3.10. The molecule has 1 atom stereocenters. The van der Waals surface area contributed by atoms with E-state index >= 15 is 0 Å². The molecular formula is C20H24N6O. The number of rotatable bonds is 5. The normalized spacial score (nSPS) is 17.1. The van der Waals surface area contributed by atoms with Crippen LogP contribution in [0.25, 0.3) is 11.0 Å². The van der Waals surface area contributed by atoms with Crippen LogP contribution in [-0.4, -0.2) is 69.2 Å². The zero-order valence-corrected chi connectivity index (χ0v) is 15.7. The molecular weight excluding hydrogens is 340 g/mol. The van der Waals surface area contributed by atoms with Crippen LogP contribution in [0.2, 0.25) is 0 Å². The largest absolute Gasteiger partial charge is 0.337 e. The number of pyridine rings is 2. The van der Waals surface area contributed by atoms with E-state index in [1.54, 1.807) is 12.3 Å². The molecule has 1 fully saturated rings. The maximum atomic E-state index is 12.7. The molecule has 1 amide bonds. The Hall–Kier alpha value is -2.80. The molecule has 3 aromatic rings. The average molecular weight is 364 g/mol. The summed E-state index contributed by atoms with van der Waals surface area (Å²) in [4.78, 5) is 25.4. The third-order valence-corrected chi connectivity index (χ3v) is 5.04. The fraction of sp³-hybridized carbons (Fsp3) is 0.400. The van der Waals surface area contributed by atoms with Crippen LogP contribution in [0.3, 0.4) is 0 Å². The highest BCUT2D eigenvalue weighted by molar-refractivity contribution is 5.92. The van der Waals surface area contributed by atoms with Crippen molar-refractivity contribution in [3.05, 3.63) is 54.1 Å². The van der Waals surface area contributed by atoms with Gasteiger partial charge in [0.2, 0.25) is 0 Å². The molecule has 4 rings (SSSR count). The summed E-state index contributed by atoms with van der Waals surface area (Å²) < 4.78 is 1.99. The van der Waals surface area contributed by atoms with Crippen molar-refractivity contribution in [3.8, 4) is 0 Å². The predicted molar refractivity (Wildman–Crippen MR) is 104 cm³/mol. The predicted octanol–water partition coefficient (Wildman–Crippen LogP) is 2.02. The molecule has 0 aliphatic carbocycles. The van der Waals surface area contributed by atoms with Crippen LogP contribution in [0.1, 0.15) is 28.5 Å². The van der Waals surface area contributed by atoms with Gasteiger partial charge in [-0.3, -0.25) is 9.78 Å². The van der Waals surface area contributed by atoms with Gasteiger partial charge in [-0.15, -0.1) is 0 Å². The van der Waals surface area contributed by atoms with Crippen molar-refractivity contribution >= 4 is 16.9 Å². The monoisotopic (exact) mass is 364 g/mol. The Morgan fingerprint density at radius 2 is 2.04 bits per heavy atom. The van der Waals surface area contributed by atoms with Gasteiger partial charge in [-0.05, 0) is 44.8 Å². The van der Waals surface area contributed by atoms with Gasteiger partial charge in [0.05, 0.1) is 12.2 Å². The summed E-state index contributed by atoms with van der Waals surface area (Å²) in [6, 6.07) is 9.48. The number of likely N-dealkylation sites (N-methyl/N-ethyl adjacent to an activating group) is 1. The molecule has 7 heteroatoms. The van der Waals surface area contributed by atoms with Gasteiger partial charge in [0.15, 0.2) is 5.65 Å². The quantitative estimate of drug-likeness (QED) is 0.693. The topological polar surface area (TPSA) is 67.2 Å². The van der Waals surface area contributed by atoms with Crippen molar-refractivity contribution in [2.75, 3.05) is 33.7 Å². The third-order valence-electron chi connectivity index (χ3n) is 5.04. The number of hydrogen-bond acceptors (Lipinski definition) is 5. The summed E-state index contributed by atoms with van der Waals surface area (Å²) >= 11 is 0. The van der Waals surface area contributed by atoms with Crippen LogP contribution in [0.5, 0.6) is 0 Å². The number of likely N-dealkylation sites (tertiary alicyclic amines) is 1. The van der Waals surface area contributed by atoms with Crippen LogP contribution in [-0.2, 0) is 6.54 Å². The summed E-state index contributed by atoms with van der Waals surface area (Å²) in [5, 5.41) is 5.97. The number of carbonyl (C=O) groups is 1. The number of fused-ring (bicyclic) bond motifs is 1. The van der Waals surface area contributed by atoms with Gasteiger partial charge in [0.1, 0.15) is 5.69 Å². The van der Waals surface area contributed by atoms with Crippen molar-refractivity contribution in [2.24, 2.45) is 0 Å². The van der Waals surface area contributed by atoms with Crippen molar-refractivity contribution in [1.82, 2.24) is 29.5 Å². The van der Waals surface area contributed by atoms with Gasteiger partial charge in [0, 0.05) is 43.3 Å². The van der Waals surface area contributed by atoms with Crippen molar-refractivity contribution in [1.29, 1.82) is 0 Å². The average Bonchev–Trinajstić information content (AvgIpc) is 3.31. The minimum absolute atomic E-state index is 0.00688. The van der Waals surface area contributed by atoms with E-state index in [1.807, 2.05) is 34.0 Å². The van der Waals surface area contributed by atoms with E-state index in [4.69, 9.17) is 5.10 Å². The Morgan fingerprint density at radius 3 is 2.81 bits per heavy atom. The summed E-state index contributed by atoms with van der Waals surface area (Å²) in [5.74, 6) is 0.220. The molecule has 4 heterocycles. The highest BCUT2D eigenvalue weighted by atomic mass is 16.2. The van der Waals surface area contributed by atoms with Crippen molar-refractivity contribution in [2.45, 2.75) is 18.9 Å². The van der Waals surface area contributed by atoms with E-state index in [9.17, 15) is 4.79 Å². The van der Waals surface area contributed by atoms with E-state index < -0.39 is 0 Å². The molecule has 1 aliphatic heterocycles. The molecule has 0 N–H and O–H groups in total. The van der Waals surface area contributed by atoms with E-state index in [0.29, 0.717) is 12.2 Å². The lowest BCUT2D eigenvalue weighted by atomic mass is 10.0. The Bertz CT molecular complexity index is 936. The van der Waals surface area contributed by atoms with E-state index in [0.717, 1.165) is 42.8 Å². The second kappa shape index (κ2) is 7.44. The molecule has 0 radical (unpaired) electrons. The maximum Gasteiger partial charge on any atom is 0.272 e. The summed E-state index contributed by atoms with van der Waals surface area (Å²) in [7, 11) is 4.11. The van der Waals surface area contributed by atoms with Gasteiger partial charge >= 0.3 is 0 Å². The Balaban J connectivity index is 1.57. The molecule has 0 spiro atoms.